The minimum Gasteiger partial charge on any atom is -0.382 e. The average molecular weight is 338 g/mol. The molecule has 0 heterocycles. The summed E-state index contributed by atoms with van der Waals surface area (Å²) in [6, 6.07) is 6.42. The van der Waals surface area contributed by atoms with Gasteiger partial charge >= 0.3 is 0 Å². The maximum Gasteiger partial charge on any atom is 0.240 e. The quantitative estimate of drug-likeness (QED) is 0.816. The Morgan fingerprint density at radius 2 is 1.89 bits per heavy atom. The van der Waals surface area contributed by atoms with Crippen LogP contribution in [-0.4, -0.2) is 41.9 Å². The van der Waals surface area contributed by atoms with Gasteiger partial charge in [-0.15, -0.1) is 0 Å². The van der Waals surface area contributed by atoms with Crippen LogP contribution in [0.2, 0.25) is 0 Å². The van der Waals surface area contributed by atoms with Crippen LogP contribution in [0.15, 0.2) is 33.6 Å². The predicted molar refractivity (Wildman–Crippen MR) is 72.0 cm³/mol. The molecule has 0 bridgehead atoms. The number of ether oxygens (including phenoxy) is 2. The minimum absolute atomic E-state index is 0.169. The largest absolute Gasteiger partial charge is 0.382 e. The number of rotatable bonds is 7. The van der Waals surface area contributed by atoms with Crippen molar-refractivity contribution in [1.82, 2.24) is 4.72 Å². The van der Waals surface area contributed by atoms with Crippen LogP contribution in [0.3, 0.4) is 0 Å². The van der Waals surface area contributed by atoms with Gasteiger partial charge in [0.05, 0.1) is 17.6 Å². The highest BCUT2D eigenvalue weighted by molar-refractivity contribution is 9.10. The highest BCUT2D eigenvalue weighted by Crippen LogP contribution is 2.14. The standard InChI is InChI=1S/C11H16BrNO4S/c1-16-8-10(17-2)7-13-18(14,15)11-5-3-9(12)4-6-11/h3-6,10,13H,7-8H2,1-2H3. The lowest BCUT2D eigenvalue weighted by Crippen LogP contribution is -2.35. The molecule has 0 saturated carbocycles. The fourth-order valence-electron chi connectivity index (χ4n) is 1.30. The summed E-state index contributed by atoms with van der Waals surface area (Å²) in [5.41, 5.74) is 0. The van der Waals surface area contributed by atoms with Crippen molar-refractivity contribution in [1.29, 1.82) is 0 Å². The summed E-state index contributed by atoms with van der Waals surface area (Å²) < 4.78 is 37.2. The molecular weight excluding hydrogens is 322 g/mol. The lowest BCUT2D eigenvalue weighted by molar-refractivity contribution is 0.0320. The summed E-state index contributed by atoms with van der Waals surface area (Å²) in [4.78, 5) is 0.220. The third-order valence-corrected chi connectivity index (χ3v) is 4.28. The van der Waals surface area contributed by atoms with Crippen molar-refractivity contribution in [3.05, 3.63) is 28.7 Å². The van der Waals surface area contributed by atoms with E-state index in [4.69, 9.17) is 9.47 Å². The van der Waals surface area contributed by atoms with Crippen molar-refractivity contribution in [2.45, 2.75) is 11.0 Å². The van der Waals surface area contributed by atoms with Gasteiger partial charge in [0.1, 0.15) is 0 Å². The molecule has 1 atom stereocenters. The van der Waals surface area contributed by atoms with Crippen molar-refractivity contribution < 1.29 is 17.9 Å². The summed E-state index contributed by atoms with van der Waals surface area (Å²) in [6.07, 6.45) is -0.305. The third kappa shape index (κ3) is 4.66. The van der Waals surface area contributed by atoms with Crippen LogP contribution >= 0.6 is 15.9 Å². The Bertz CT molecular complexity index is 460. The van der Waals surface area contributed by atoms with E-state index < -0.39 is 10.0 Å². The van der Waals surface area contributed by atoms with Crippen molar-refractivity contribution in [2.24, 2.45) is 0 Å². The smallest absolute Gasteiger partial charge is 0.240 e. The minimum atomic E-state index is -3.51. The number of halogens is 1. The number of benzene rings is 1. The summed E-state index contributed by atoms with van der Waals surface area (Å²) in [5.74, 6) is 0. The number of hydrogen-bond donors (Lipinski definition) is 1. The van der Waals surface area contributed by atoms with Crippen molar-refractivity contribution in [2.75, 3.05) is 27.4 Å². The van der Waals surface area contributed by atoms with Gasteiger partial charge in [0.2, 0.25) is 10.0 Å². The maximum absolute atomic E-state index is 11.9. The number of methoxy groups -OCH3 is 2. The molecule has 0 radical (unpaired) electrons. The van der Waals surface area contributed by atoms with E-state index in [1.807, 2.05) is 0 Å². The zero-order valence-corrected chi connectivity index (χ0v) is 12.6. The molecule has 18 heavy (non-hydrogen) atoms. The van der Waals surface area contributed by atoms with Crippen LogP contribution in [-0.2, 0) is 19.5 Å². The topological polar surface area (TPSA) is 64.6 Å². The van der Waals surface area contributed by atoms with E-state index >= 15 is 0 Å². The third-order valence-electron chi connectivity index (χ3n) is 2.31. The van der Waals surface area contributed by atoms with E-state index in [-0.39, 0.29) is 17.5 Å². The number of hydrogen-bond acceptors (Lipinski definition) is 4. The maximum atomic E-state index is 11.9. The molecule has 1 aromatic rings. The lowest BCUT2D eigenvalue weighted by Gasteiger charge is -2.15. The molecule has 0 amide bonds. The van der Waals surface area contributed by atoms with Gasteiger partial charge in [-0.3, -0.25) is 0 Å². The van der Waals surface area contributed by atoms with E-state index in [2.05, 4.69) is 20.7 Å². The average Bonchev–Trinajstić information content (AvgIpc) is 2.35. The molecule has 1 aromatic carbocycles. The van der Waals surface area contributed by atoms with Gasteiger partial charge in [0.15, 0.2) is 0 Å². The van der Waals surface area contributed by atoms with Crippen LogP contribution < -0.4 is 4.72 Å². The fraction of sp³-hybridized carbons (Fsp3) is 0.455. The van der Waals surface area contributed by atoms with Gasteiger partial charge in [-0.05, 0) is 24.3 Å². The van der Waals surface area contributed by atoms with Crippen molar-refractivity contribution in [3.8, 4) is 0 Å². The van der Waals surface area contributed by atoms with Crippen LogP contribution in [0.5, 0.6) is 0 Å². The van der Waals surface area contributed by atoms with Gasteiger partial charge in [0, 0.05) is 25.2 Å². The molecule has 1 unspecified atom stereocenters. The Hall–Kier alpha value is -0.470. The monoisotopic (exact) mass is 337 g/mol. The predicted octanol–water partition coefficient (Wildman–Crippen LogP) is 1.39. The first-order valence-electron chi connectivity index (χ1n) is 5.26. The zero-order chi connectivity index (χ0) is 13.6. The second-order valence-electron chi connectivity index (χ2n) is 3.62. The number of nitrogens with one attached hydrogen (secondary N) is 1. The van der Waals surface area contributed by atoms with Gasteiger partial charge in [0.25, 0.3) is 0 Å². The normalized spacial score (nSPS) is 13.5. The van der Waals surface area contributed by atoms with Crippen LogP contribution in [0.1, 0.15) is 0 Å². The van der Waals surface area contributed by atoms with Gasteiger partial charge in [-0.1, -0.05) is 15.9 Å². The molecule has 102 valence electrons. The van der Waals surface area contributed by atoms with Gasteiger partial charge in [-0.2, -0.15) is 0 Å². The van der Waals surface area contributed by atoms with Crippen LogP contribution in [0, 0.1) is 0 Å². The molecular formula is C11H16BrNO4S. The molecule has 0 saturated heterocycles. The summed E-state index contributed by atoms with van der Waals surface area (Å²) >= 11 is 3.25. The Morgan fingerprint density at radius 1 is 1.28 bits per heavy atom. The second-order valence-corrected chi connectivity index (χ2v) is 6.30. The molecule has 0 spiro atoms. The fourth-order valence-corrected chi connectivity index (χ4v) is 2.63. The molecule has 0 aromatic heterocycles. The molecule has 0 fully saturated rings. The van der Waals surface area contributed by atoms with Crippen LogP contribution in [0.4, 0.5) is 0 Å². The SMILES string of the molecule is COCC(CNS(=O)(=O)c1ccc(Br)cc1)OC. The van der Waals surface area contributed by atoms with Gasteiger partial charge < -0.3 is 9.47 Å². The van der Waals surface area contributed by atoms with E-state index in [1.54, 1.807) is 12.1 Å². The second kappa shape index (κ2) is 7.20. The molecule has 0 aliphatic heterocycles. The first-order chi connectivity index (χ1) is 8.49. The van der Waals surface area contributed by atoms with Crippen molar-refractivity contribution in [3.63, 3.8) is 0 Å². The van der Waals surface area contributed by atoms with E-state index in [9.17, 15) is 8.42 Å². The molecule has 1 N–H and O–H groups in total. The highest BCUT2D eigenvalue weighted by Gasteiger charge is 2.16. The Morgan fingerprint density at radius 3 is 2.39 bits per heavy atom. The van der Waals surface area contributed by atoms with E-state index in [1.165, 1.54) is 26.4 Å². The Balaban J connectivity index is 2.67. The van der Waals surface area contributed by atoms with Crippen molar-refractivity contribution >= 4 is 26.0 Å². The molecule has 0 aliphatic carbocycles. The zero-order valence-electron chi connectivity index (χ0n) is 10.2. The van der Waals surface area contributed by atoms with E-state index in [0.29, 0.717) is 6.61 Å². The highest BCUT2D eigenvalue weighted by atomic mass is 79.9. The first-order valence-corrected chi connectivity index (χ1v) is 7.54. The molecule has 7 heteroatoms. The Labute approximate surface area is 116 Å². The summed E-state index contributed by atoms with van der Waals surface area (Å²) in [7, 11) is -0.458. The van der Waals surface area contributed by atoms with Crippen LogP contribution in [0.25, 0.3) is 0 Å². The first kappa shape index (κ1) is 15.6. The van der Waals surface area contributed by atoms with E-state index in [0.717, 1.165) is 4.47 Å². The Kier molecular flexibility index (Phi) is 6.24. The molecule has 1 rings (SSSR count). The summed E-state index contributed by atoms with van der Waals surface area (Å²) in [5, 5.41) is 0. The molecule has 0 aliphatic rings. The van der Waals surface area contributed by atoms with Gasteiger partial charge in [-0.25, -0.2) is 13.1 Å². The lowest BCUT2D eigenvalue weighted by atomic mass is 10.4. The molecule has 5 nitrogen and oxygen atoms in total. The number of sulfonamides is 1. The summed E-state index contributed by atoms with van der Waals surface area (Å²) in [6.45, 7) is 0.502.